The summed E-state index contributed by atoms with van der Waals surface area (Å²) in [4.78, 5) is 26.1. The van der Waals surface area contributed by atoms with Crippen molar-refractivity contribution >= 4 is 18.0 Å². The van der Waals surface area contributed by atoms with E-state index in [4.69, 9.17) is 4.42 Å². The van der Waals surface area contributed by atoms with Crippen LogP contribution in [0.25, 0.3) is 17.4 Å². The summed E-state index contributed by atoms with van der Waals surface area (Å²) in [5.41, 5.74) is 3.25. The van der Waals surface area contributed by atoms with Gasteiger partial charge in [-0.25, -0.2) is 4.79 Å². The first kappa shape index (κ1) is 18.3. The first-order chi connectivity index (χ1) is 14.0. The molecule has 0 atom stereocenters. The second kappa shape index (κ2) is 7.49. The van der Waals surface area contributed by atoms with Gasteiger partial charge in [-0.2, -0.15) is 5.26 Å². The predicted molar refractivity (Wildman–Crippen MR) is 107 cm³/mol. The molecule has 4 rings (SSSR count). The van der Waals surface area contributed by atoms with Crippen LogP contribution in [0.3, 0.4) is 0 Å². The van der Waals surface area contributed by atoms with Crippen molar-refractivity contribution in [1.29, 1.82) is 5.26 Å². The van der Waals surface area contributed by atoms with Gasteiger partial charge < -0.3 is 9.73 Å². The molecule has 1 N–H and O–H groups in total. The molecule has 0 unspecified atom stereocenters. The van der Waals surface area contributed by atoms with E-state index in [1.165, 1.54) is 6.08 Å². The first-order valence-electron chi connectivity index (χ1n) is 9.04. The second-order valence-corrected chi connectivity index (χ2v) is 6.73. The summed E-state index contributed by atoms with van der Waals surface area (Å²) in [5.74, 6) is 0.517. The number of aryl methyl sites for hydroxylation is 1. The van der Waals surface area contributed by atoms with Gasteiger partial charge in [-0.1, -0.05) is 42.0 Å². The molecule has 0 aliphatic carbocycles. The number of imide groups is 1. The maximum Gasteiger partial charge on any atom is 0.329 e. The second-order valence-electron chi connectivity index (χ2n) is 6.73. The third kappa shape index (κ3) is 3.66. The normalized spacial score (nSPS) is 14.9. The molecule has 0 saturated carbocycles. The summed E-state index contributed by atoms with van der Waals surface area (Å²) in [6.07, 6.45) is 1.50. The number of rotatable bonds is 4. The van der Waals surface area contributed by atoms with Crippen LogP contribution in [-0.2, 0) is 11.3 Å². The Hall–Kier alpha value is -4.11. The van der Waals surface area contributed by atoms with Gasteiger partial charge in [0, 0.05) is 11.6 Å². The molecule has 1 saturated heterocycles. The van der Waals surface area contributed by atoms with Gasteiger partial charge in [0.05, 0.1) is 18.2 Å². The Kier molecular flexibility index (Phi) is 4.71. The van der Waals surface area contributed by atoms with Crippen LogP contribution in [0.5, 0.6) is 0 Å². The van der Waals surface area contributed by atoms with Crippen LogP contribution < -0.4 is 5.32 Å². The molecule has 0 radical (unpaired) electrons. The molecule has 3 amide bonds. The molecule has 2 aromatic carbocycles. The van der Waals surface area contributed by atoms with E-state index in [1.807, 2.05) is 37.3 Å². The summed E-state index contributed by atoms with van der Waals surface area (Å²) < 4.78 is 5.78. The van der Waals surface area contributed by atoms with Gasteiger partial charge in [0.1, 0.15) is 17.2 Å². The molecule has 29 heavy (non-hydrogen) atoms. The lowest BCUT2D eigenvalue weighted by Gasteiger charge is -2.12. The van der Waals surface area contributed by atoms with Crippen molar-refractivity contribution in [3.63, 3.8) is 0 Å². The molecule has 1 aliphatic heterocycles. The fourth-order valence-electron chi connectivity index (χ4n) is 3.22. The third-order valence-corrected chi connectivity index (χ3v) is 4.61. The average molecular weight is 383 g/mol. The molecule has 142 valence electrons. The summed E-state index contributed by atoms with van der Waals surface area (Å²) in [5, 5.41) is 11.8. The van der Waals surface area contributed by atoms with Gasteiger partial charge in [-0.15, -0.1) is 0 Å². The smallest absolute Gasteiger partial charge is 0.329 e. The summed E-state index contributed by atoms with van der Waals surface area (Å²) in [6, 6.07) is 19.9. The number of carbonyl (C=O) groups excluding carboxylic acids is 2. The summed E-state index contributed by atoms with van der Waals surface area (Å²) >= 11 is 0. The highest BCUT2D eigenvalue weighted by atomic mass is 16.3. The minimum Gasteiger partial charge on any atom is -0.457 e. The van der Waals surface area contributed by atoms with Gasteiger partial charge in [-0.3, -0.25) is 9.69 Å². The van der Waals surface area contributed by atoms with Crippen LogP contribution in [0, 0.1) is 18.3 Å². The molecule has 6 heteroatoms. The van der Waals surface area contributed by atoms with Gasteiger partial charge >= 0.3 is 6.03 Å². The van der Waals surface area contributed by atoms with E-state index >= 15 is 0 Å². The van der Waals surface area contributed by atoms with Gasteiger partial charge in [0.2, 0.25) is 0 Å². The lowest BCUT2D eigenvalue weighted by atomic mass is 10.1. The standard InChI is InChI=1S/C23H17N3O3/c1-15-5-4-6-16(11-15)14-26-22(27)20(25-23(26)28)12-18-9-10-21(29-18)19-8-3-2-7-17(19)13-24/h2-12H,14H2,1H3,(H,25,28)/b20-12+. The number of hydrogen-bond acceptors (Lipinski definition) is 4. The number of carbonyl (C=O) groups is 2. The Bertz CT molecular complexity index is 1180. The average Bonchev–Trinajstić information content (AvgIpc) is 3.28. The van der Waals surface area contributed by atoms with E-state index in [9.17, 15) is 14.9 Å². The van der Waals surface area contributed by atoms with Crippen LogP contribution in [-0.4, -0.2) is 16.8 Å². The minimum atomic E-state index is -0.468. The number of nitriles is 1. The number of nitrogens with one attached hydrogen (secondary N) is 1. The summed E-state index contributed by atoms with van der Waals surface area (Å²) in [7, 11) is 0. The van der Waals surface area contributed by atoms with Crippen LogP contribution >= 0.6 is 0 Å². The number of urea groups is 1. The minimum absolute atomic E-state index is 0.150. The van der Waals surface area contributed by atoms with E-state index in [1.54, 1.807) is 30.3 Å². The van der Waals surface area contributed by atoms with Gasteiger partial charge in [0.25, 0.3) is 5.91 Å². The van der Waals surface area contributed by atoms with Crippen molar-refractivity contribution in [3.8, 4) is 17.4 Å². The van der Waals surface area contributed by atoms with Crippen molar-refractivity contribution in [1.82, 2.24) is 10.2 Å². The van der Waals surface area contributed by atoms with E-state index in [2.05, 4.69) is 11.4 Å². The monoisotopic (exact) mass is 383 g/mol. The highest BCUT2D eigenvalue weighted by Crippen LogP contribution is 2.27. The fourth-order valence-corrected chi connectivity index (χ4v) is 3.22. The zero-order chi connectivity index (χ0) is 20.4. The molecule has 0 spiro atoms. The van der Waals surface area contributed by atoms with Crippen LogP contribution in [0.2, 0.25) is 0 Å². The predicted octanol–water partition coefficient (Wildman–Crippen LogP) is 4.22. The molecule has 6 nitrogen and oxygen atoms in total. The van der Waals surface area contributed by atoms with E-state index in [0.717, 1.165) is 16.0 Å². The topological polar surface area (TPSA) is 86.3 Å². The zero-order valence-corrected chi connectivity index (χ0v) is 15.7. The first-order valence-corrected chi connectivity index (χ1v) is 9.04. The number of benzene rings is 2. The van der Waals surface area contributed by atoms with E-state index < -0.39 is 11.9 Å². The number of amides is 3. The Labute approximate surface area is 167 Å². The van der Waals surface area contributed by atoms with E-state index in [0.29, 0.717) is 22.6 Å². The third-order valence-electron chi connectivity index (χ3n) is 4.61. The molecule has 2 heterocycles. The molecular weight excluding hydrogens is 366 g/mol. The molecule has 1 aliphatic rings. The molecule has 3 aromatic rings. The zero-order valence-electron chi connectivity index (χ0n) is 15.7. The highest BCUT2D eigenvalue weighted by molar-refractivity contribution is 6.13. The molecule has 0 bridgehead atoms. The van der Waals surface area contributed by atoms with Gasteiger partial charge in [0.15, 0.2) is 0 Å². The molecule has 1 aromatic heterocycles. The quantitative estimate of drug-likeness (QED) is 0.540. The lowest BCUT2D eigenvalue weighted by molar-refractivity contribution is -0.123. The largest absolute Gasteiger partial charge is 0.457 e. The molecule has 1 fully saturated rings. The summed E-state index contributed by atoms with van der Waals surface area (Å²) in [6.45, 7) is 2.16. The number of furan rings is 1. The Morgan fingerprint density at radius 1 is 1.10 bits per heavy atom. The van der Waals surface area contributed by atoms with Crippen LogP contribution in [0.1, 0.15) is 22.5 Å². The Morgan fingerprint density at radius 3 is 2.72 bits per heavy atom. The number of hydrogen-bond donors (Lipinski definition) is 1. The van der Waals surface area contributed by atoms with Crippen molar-refractivity contribution in [3.05, 3.63) is 88.8 Å². The lowest BCUT2D eigenvalue weighted by Crippen LogP contribution is -2.30. The Morgan fingerprint density at radius 2 is 1.93 bits per heavy atom. The maximum atomic E-state index is 12.7. The van der Waals surface area contributed by atoms with Crippen molar-refractivity contribution in [2.45, 2.75) is 13.5 Å². The van der Waals surface area contributed by atoms with Crippen LogP contribution in [0.15, 0.2) is 70.8 Å². The SMILES string of the molecule is Cc1cccc(CN2C(=O)N/C(=C/c3ccc(-c4ccccc4C#N)o3)C2=O)c1. The van der Waals surface area contributed by atoms with Crippen LogP contribution in [0.4, 0.5) is 4.79 Å². The van der Waals surface area contributed by atoms with Crippen molar-refractivity contribution in [2.75, 3.05) is 0 Å². The fraction of sp³-hybridized carbons (Fsp3) is 0.0870. The maximum absolute atomic E-state index is 12.7. The van der Waals surface area contributed by atoms with Crippen molar-refractivity contribution < 1.29 is 14.0 Å². The van der Waals surface area contributed by atoms with Crippen molar-refractivity contribution in [2.24, 2.45) is 0 Å². The highest BCUT2D eigenvalue weighted by Gasteiger charge is 2.33. The molecular formula is C23H17N3O3. The van der Waals surface area contributed by atoms with Gasteiger partial charge in [-0.05, 0) is 36.8 Å². The van der Waals surface area contributed by atoms with E-state index in [-0.39, 0.29) is 12.2 Å². The number of nitrogens with zero attached hydrogens (tertiary/aromatic N) is 2. The Balaban J connectivity index is 1.57.